The number of rotatable bonds is 4. The molecular weight excluding hydrogens is 216 g/mol. The smallest absolute Gasteiger partial charge is 0.223 e. The molecule has 1 aromatic heterocycles. The van der Waals surface area contributed by atoms with Crippen molar-refractivity contribution in [3.8, 4) is 0 Å². The minimum Gasteiger partial charge on any atom is -0.355 e. The molecule has 2 aliphatic carbocycles. The van der Waals surface area contributed by atoms with E-state index in [0.717, 1.165) is 36.9 Å². The molecule has 1 amide bonds. The van der Waals surface area contributed by atoms with Gasteiger partial charge in [0.05, 0.1) is 0 Å². The zero-order valence-electron chi connectivity index (χ0n) is 10.1. The Kier molecular flexibility index (Phi) is 2.61. The normalized spacial score (nSPS) is 30.1. The van der Waals surface area contributed by atoms with Gasteiger partial charge in [-0.25, -0.2) is 0 Å². The van der Waals surface area contributed by atoms with Crippen molar-refractivity contribution < 1.29 is 4.79 Å². The summed E-state index contributed by atoms with van der Waals surface area (Å²) in [5.41, 5.74) is 0. The number of aryl methyl sites for hydroxylation is 1. The monoisotopic (exact) mass is 234 g/mol. The minimum absolute atomic E-state index is 0.236. The Hall–Kier alpha value is -1.39. The zero-order valence-corrected chi connectivity index (χ0v) is 10.1. The molecule has 1 aromatic rings. The van der Waals surface area contributed by atoms with Crippen LogP contribution in [0, 0.1) is 17.8 Å². The quantitative estimate of drug-likeness (QED) is 0.826. The van der Waals surface area contributed by atoms with Gasteiger partial charge in [0.1, 0.15) is 12.2 Å². The second-order valence-electron chi connectivity index (χ2n) is 5.32. The van der Waals surface area contributed by atoms with Crippen molar-refractivity contribution in [3.05, 3.63) is 12.2 Å². The molecule has 2 fully saturated rings. The van der Waals surface area contributed by atoms with E-state index >= 15 is 0 Å². The Balaban J connectivity index is 1.42. The van der Waals surface area contributed by atoms with Crippen LogP contribution >= 0.6 is 0 Å². The van der Waals surface area contributed by atoms with Gasteiger partial charge in [0.25, 0.3) is 0 Å². The highest BCUT2D eigenvalue weighted by Crippen LogP contribution is 2.54. The number of carbonyl (C=O) groups excluding carboxylic acids is 1. The Labute approximate surface area is 101 Å². The van der Waals surface area contributed by atoms with Crippen molar-refractivity contribution in [3.63, 3.8) is 0 Å². The fraction of sp³-hybridized carbons (Fsp3) is 0.750. The molecule has 17 heavy (non-hydrogen) atoms. The fourth-order valence-electron chi connectivity index (χ4n) is 2.90. The highest BCUT2D eigenvalue weighted by Gasteiger charge is 2.47. The van der Waals surface area contributed by atoms with E-state index in [9.17, 15) is 4.79 Å². The van der Waals surface area contributed by atoms with E-state index in [1.54, 1.807) is 6.33 Å². The van der Waals surface area contributed by atoms with Gasteiger partial charge in [0.2, 0.25) is 5.91 Å². The number of hydrogen-bond donors (Lipinski definition) is 1. The van der Waals surface area contributed by atoms with Crippen LogP contribution in [0.1, 0.15) is 25.1 Å². The molecule has 92 valence electrons. The standard InChI is InChI=1S/C12H18N4O/c1-16-7-14-15-11(16)2-3-13-12(17)10-5-8-4-9(8)6-10/h7-10H,2-6H2,1H3,(H,13,17). The van der Waals surface area contributed by atoms with Crippen LogP contribution in [0.5, 0.6) is 0 Å². The summed E-state index contributed by atoms with van der Waals surface area (Å²) in [4.78, 5) is 11.9. The van der Waals surface area contributed by atoms with Gasteiger partial charge in [-0.3, -0.25) is 4.79 Å². The number of nitrogens with one attached hydrogen (secondary N) is 1. The van der Waals surface area contributed by atoms with E-state index < -0.39 is 0 Å². The number of amides is 1. The van der Waals surface area contributed by atoms with Crippen molar-refractivity contribution in [2.45, 2.75) is 25.7 Å². The average Bonchev–Trinajstić information content (AvgIpc) is 2.73. The summed E-state index contributed by atoms with van der Waals surface area (Å²) >= 11 is 0. The van der Waals surface area contributed by atoms with Gasteiger partial charge in [0, 0.05) is 25.9 Å². The summed E-state index contributed by atoms with van der Waals surface area (Å²) in [5.74, 6) is 3.16. The number of carbonyl (C=O) groups is 1. The summed E-state index contributed by atoms with van der Waals surface area (Å²) < 4.78 is 1.89. The predicted molar refractivity (Wildman–Crippen MR) is 62.0 cm³/mol. The maximum Gasteiger partial charge on any atom is 0.223 e. The number of fused-ring (bicyclic) bond motifs is 1. The van der Waals surface area contributed by atoms with Crippen molar-refractivity contribution >= 4 is 5.91 Å². The van der Waals surface area contributed by atoms with Crippen LogP contribution in [-0.4, -0.2) is 27.2 Å². The van der Waals surface area contributed by atoms with Crippen LogP contribution in [0.3, 0.4) is 0 Å². The minimum atomic E-state index is 0.236. The molecular formula is C12H18N4O. The molecule has 2 saturated carbocycles. The topological polar surface area (TPSA) is 59.8 Å². The van der Waals surface area contributed by atoms with E-state index in [-0.39, 0.29) is 11.8 Å². The van der Waals surface area contributed by atoms with Gasteiger partial charge in [-0.05, 0) is 31.1 Å². The van der Waals surface area contributed by atoms with E-state index in [4.69, 9.17) is 0 Å². The summed E-state index contributed by atoms with van der Waals surface area (Å²) in [6.07, 6.45) is 6.02. The van der Waals surface area contributed by atoms with Gasteiger partial charge in [-0.1, -0.05) is 0 Å². The maximum atomic E-state index is 11.9. The third-order valence-corrected chi connectivity index (χ3v) is 4.07. The summed E-state index contributed by atoms with van der Waals surface area (Å²) in [6, 6.07) is 0. The predicted octanol–water partition coefficient (Wildman–Crippen LogP) is 0.520. The molecule has 0 radical (unpaired) electrons. The lowest BCUT2D eigenvalue weighted by atomic mass is 10.0. The Morgan fingerprint density at radius 2 is 2.24 bits per heavy atom. The maximum absolute atomic E-state index is 11.9. The lowest BCUT2D eigenvalue weighted by Crippen LogP contribution is -2.32. The molecule has 0 bridgehead atoms. The molecule has 0 saturated heterocycles. The van der Waals surface area contributed by atoms with Crippen molar-refractivity contribution in [1.82, 2.24) is 20.1 Å². The molecule has 5 heteroatoms. The molecule has 0 aliphatic heterocycles. The first kappa shape index (κ1) is 10.7. The molecule has 3 rings (SSSR count). The number of hydrogen-bond acceptors (Lipinski definition) is 3. The van der Waals surface area contributed by atoms with Crippen LogP contribution in [0.4, 0.5) is 0 Å². The fourth-order valence-corrected chi connectivity index (χ4v) is 2.90. The van der Waals surface area contributed by atoms with E-state index in [2.05, 4.69) is 15.5 Å². The molecule has 0 spiro atoms. The van der Waals surface area contributed by atoms with Crippen molar-refractivity contribution in [2.75, 3.05) is 6.54 Å². The van der Waals surface area contributed by atoms with Crippen LogP contribution < -0.4 is 5.32 Å². The van der Waals surface area contributed by atoms with Crippen LogP contribution in [-0.2, 0) is 18.3 Å². The molecule has 2 unspecified atom stereocenters. The first-order valence-corrected chi connectivity index (χ1v) is 6.34. The first-order chi connectivity index (χ1) is 8.24. The number of nitrogens with zero attached hydrogens (tertiary/aromatic N) is 3. The third-order valence-electron chi connectivity index (χ3n) is 4.07. The van der Waals surface area contributed by atoms with E-state index in [1.807, 2.05) is 11.6 Å². The van der Waals surface area contributed by atoms with Gasteiger partial charge in [-0.15, -0.1) is 10.2 Å². The second kappa shape index (κ2) is 4.13. The Morgan fingerprint density at radius 1 is 1.47 bits per heavy atom. The molecule has 1 heterocycles. The van der Waals surface area contributed by atoms with E-state index in [0.29, 0.717) is 6.54 Å². The first-order valence-electron chi connectivity index (χ1n) is 6.34. The molecule has 0 aromatic carbocycles. The summed E-state index contributed by atoms with van der Waals surface area (Å²) in [6.45, 7) is 0.664. The number of aromatic nitrogens is 3. The van der Waals surface area contributed by atoms with E-state index in [1.165, 1.54) is 6.42 Å². The van der Waals surface area contributed by atoms with Crippen LogP contribution in [0.2, 0.25) is 0 Å². The lowest BCUT2D eigenvalue weighted by molar-refractivity contribution is -0.125. The Morgan fingerprint density at radius 3 is 2.88 bits per heavy atom. The van der Waals surface area contributed by atoms with Gasteiger partial charge in [-0.2, -0.15) is 0 Å². The lowest BCUT2D eigenvalue weighted by Gasteiger charge is -2.11. The molecule has 2 aliphatic rings. The van der Waals surface area contributed by atoms with Gasteiger partial charge < -0.3 is 9.88 Å². The second-order valence-corrected chi connectivity index (χ2v) is 5.32. The largest absolute Gasteiger partial charge is 0.355 e. The van der Waals surface area contributed by atoms with Crippen LogP contribution in [0.15, 0.2) is 6.33 Å². The highest BCUT2D eigenvalue weighted by molar-refractivity contribution is 5.79. The summed E-state index contributed by atoms with van der Waals surface area (Å²) in [5, 5.41) is 10.8. The molecule has 1 N–H and O–H groups in total. The highest BCUT2D eigenvalue weighted by atomic mass is 16.1. The molecule has 5 nitrogen and oxygen atoms in total. The van der Waals surface area contributed by atoms with Gasteiger partial charge >= 0.3 is 0 Å². The Bertz CT molecular complexity index is 418. The van der Waals surface area contributed by atoms with Crippen molar-refractivity contribution in [1.29, 1.82) is 0 Å². The SMILES string of the molecule is Cn1cnnc1CCNC(=O)C1CC2CC2C1. The third kappa shape index (κ3) is 2.18. The average molecular weight is 234 g/mol. The van der Waals surface area contributed by atoms with Gasteiger partial charge in [0.15, 0.2) is 0 Å². The zero-order chi connectivity index (χ0) is 11.8. The van der Waals surface area contributed by atoms with Crippen molar-refractivity contribution in [2.24, 2.45) is 24.8 Å². The summed E-state index contributed by atoms with van der Waals surface area (Å²) in [7, 11) is 1.92. The molecule has 2 atom stereocenters. The van der Waals surface area contributed by atoms with Crippen LogP contribution in [0.25, 0.3) is 0 Å².